The molecule has 0 saturated heterocycles. The standard InChI is InChI=1S/C59H34/c1-2-19-37-35(16-1)17-13-27-40(37)54-41-22-3-5-24-43(41)55(44-25-6-4-23-42(44)54)49-34-36-18-14-29-47-53(36)56-45(49)28-15-30-48(56)58-57(47)46-26-9-12-33-52(46)59(58)50-31-10-7-20-38(50)39-21-8-11-32-51(39)59/h1-34H. The minimum Gasteiger partial charge on any atom is -0.0619 e. The summed E-state index contributed by atoms with van der Waals surface area (Å²) in [6.07, 6.45) is 0. The summed E-state index contributed by atoms with van der Waals surface area (Å²) in [5.74, 6) is 0. The Morgan fingerprint density at radius 3 is 1.34 bits per heavy atom. The van der Waals surface area contributed by atoms with Gasteiger partial charge in [-0.2, -0.15) is 0 Å². The number of rotatable bonds is 2. The fourth-order valence-corrected chi connectivity index (χ4v) is 11.9. The summed E-state index contributed by atoms with van der Waals surface area (Å²) in [6.45, 7) is 0. The molecule has 0 bridgehead atoms. The van der Waals surface area contributed by atoms with Gasteiger partial charge in [0, 0.05) is 0 Å². The van der Waals surface area contributed by atoms with E-state index in [4.69, 9.17) is 0 Å². The number of benzene rings is 12. The quantitative estimate of drug-likeness (QED) is 0.122. The predicted octanol–water partition coefficient (Wildman–Crippen LogP) is 15.7. The van der Waals surface area contributed by atoms with Crippen molar-refractivity contribution >= 4 is 64.6 Å². The highest BCUT2D eigenvalue weighted by Crippen LogP contribution is 2.66. The third-order valence-corrected chi connectivity index (χ3v) is 14.0. The molecule has 0 radical (unpaired) electrons. The van der Waals surface area contributed by atoms with E-state index in [1.165, 1.54) is 131 Å². The first-order valence-corrected chi connectivity index (χ1v) is 20.8. The molecule has 0 aromatic heterocycles. The molecule has 270 valence electrons. The molecule has 1 spiro atoms. The Hall–Kier alpha value is -7.54. The monoisotopic (exact) mass is 742 g/mol. The van der Waals surface area contributed by atoms with Crippen LogP contribution >= 0.6 is 0 Å². The lowest BCUT2D eigenvalue weighted by Crippen LogP contribution is -2.26. The van der Waals surface area contributed by atoms with E-state index in [0.717, 1.165) is 0 Å². The van der Waals surface area contributed by atoms with Gasteiger partial charge in [0.05, 0.1) is 5.41 Å². The van der Waals surface area contributed by atoms with Crippen molar-refractivity contribution in [1.82, 2.24) is 0 Å². The van der Waals surface area contributed by atoms with Crippen LogP contribution in [0.4, 0.5) is 0 Å². The van der Waals surface area contributed by atoms with Gasteiger partial charge in [-0.05, 0) is 137 Å². The molecule has 12 aromatic rings. The average molecular weight is 743 g/mol. The van der Waals surface area contributed by atoms with Crippen LogP contribution in [0.15, 0.2) is 206 Å². The van der Waals surface area contributed by atoms with Gasteiger partial charge in [0.25, 0.3) is 0 Å². The third-order valence-electron chi connectivity index (χ3n) is 14.0. The summed E-state index contributed by atoms with van der Waals surface area (Å²) in [6, 6.07) is 78.0. The normalized spacial score (nSPS) is 13.6. The number of hydrogen-bond acceptors (Lipinski definition) is 0. The molecule has 2 aliphatic carbocycles. The number of hydrogen-bond donors (Lipinski definition) is 0. The maximum Gasteiger partial charge on any atom is 0.0731 e. The highest BCUT2D eigenvalue weighted by molar-refractivity contribution is 6.34. The highest BCUT2D eigenvalue weighted by Gasteiger charge is 2.53. The molecule has 0 amide bonds. The first-order valence-electron chi connectivity index (χ1n) is 20.8. The van der Waals surface area contributed by atoms with Crippen LogP contribution in [0, 0.1) is 0 Å². The summed E-state index contributed by atoms with van der Waals surface area (Å²) in [5.41, 5.74) is 15.6. The van der Waals surface area contributed by atoms with E-state index in [-0.39, 0.29) is 0 Å². The summed E-state index contributed by atoms with van der Waals surface area (Å²) >= 11 is 0. The van der Waals surface area contributed by atoms with E-state index in [9.17, 15) is 0 Å². The van der Waals surface area contributed by atoms with E-state index in [2.05, 4.69) is 206 Å². The second-order valence-corrected chi connectivity index (χ2v) is 16.6. The molecular formula is C59H34. The maximum absolute atomic E-state index is 2.50. The van der Waals surface area contributed by atoms with Crippen molar-refractivity contribution in [3.63, 3.8) is 0 Å². The van der Waals surface area contributed by atoms with E-state index in [1.54, 1.807) is 0 Å². The summed E-state index contributed by atoms with van der Waals surface area (Å²) in [5, 5.41) is 15.6. The Labute approximate surface area is 341 Å². The molecule has 0 saturated carbocycles. The van der Waals surface area contributed by atoms with Crippen molar-refractivity contribution in [2.45, 2.75) is 5.41 Å². The van der Waals surface area contributed by atoms with E-state index in [0.29, 0.717) is 0 Å². The highest BCUT2D eigenvalue weighted by atomic mass is 14.5. The minimum absolute atomic E-state index is 0.442. The maximum atomic E-state index is 2.50. The van der Waals surface area contributed by atoms with Crippen LogP contribution in [0.1, 0.15) is 22.3 Å². The zero-order valence-corrected chi connectivity index (χ0v) is 32.1. The molecule has 0 heterocycles. The molecule has 0 aliphatic heterocycles. The Balaban J connectivity index is 1.17. The van der Waals surface area contributed by atoms with E-state index in [1.807, 2.05) is 0 Å². The Morgan fingerprint density at radius 1 is 0.237 bits per heavy atom. The van der Waals surface area contributed by atoms with Crippen molar-refractivity contribution in [2.24, 2.45) is 0 Å². The van der Waals surface area contributed by atoms with Gasteiger partial charge in [-0.15, -0.1) is 0 Å². The Morgan fingerprint density at radius 2 is 0.661 bits per heavy atom. The first-order chi connectivity index (χ1) is 29.3. The zero-order valence-electron chi connectivity index (χ0n) is 32.1. The lowest BCUT2D eigenvalue weighted by Gasteiger charge is -2.32. The van der Waals surface area contributed by atoms with Gasteiger partial charge >= 0.3 is 0 Å². The first kappa shape index (κ1) is 31.5. The lowest BCUT2D eigenvalue weighted by atomic mass is 9.68. The van der Waals surface area contributed by atoms with Gasteiger partial charge < -0.3 is 0 Å². The van der Waals surface area contributed by atoms with Gasteiger partial charge in [-0.1, -0.05) is 200 Å². The third kappa shape index (κ3) is 3.81. The van der Waals surface area contributed by atoms with Gasteiger partial charge in [0.15, 0.2) is 0 Å². The second-order valence-electron chi connectivity index (χ2n) is 16.6. The minimum atomic E-state index is -0.442. The molecule has 59 heavy (non-hydrogen) atoms. The molecule has 0 heteroatoms. The molecule has 12 aromatic carbocycles. The van der Waals surface area contributed by atoms with Crippen LogP contribution in [-0.2, 0) is 5.41 Å². The van der Waals surface area contributed by atoms with Crippen molar-refractivity contribution in [2.75, 3.05) is 0 Å². The van der Waals surface area contributed by atoms with Crippen LogP contribution < -0.4 is 0 Å². The fraction of sp³-hybridized carbons (Fsp3) is 0.0169. The lowest BCUT2D eigenvalue weighted by molar-refractivity contribution is 0.802. The van der Waals surface area contributed by atoms with Crippen LogP contribution in [0.5, 0.6) is 0 Å². The van der Waals surface area contributed by atoms with Gasteiger partial charge in [-0.25, -0.2) is 0 Å². The van der Waals surface area contributed by atoms with Crippen molar-refractivity contribution in [1.29, 1.82) is 0 Å². The molecule has 0 atom stereocenters. The van der Waals surface area contributed by atoms with Crippen molar-refractivity contribution in [3.8, 4) is 44.5 Å². The topological polar surface area (TPSA) is 0 Å². The smallest absolute Gasteiger partial charge is 0.0619 e. The molecule has 0 N–H and O–H groups in total. The van der Waals surface area contributed by atoms with Crippen LogP contribution in [0.3, 0.4) is 0 Å². The zero-order chi connectivity index (χ0) is 38.4. The SMILES string of the molecule is c1ccc2c(c1)-c1ccccc1C21c2ccccc2-c2c1c1cccc3c(-c4c5ccccc5c(-c5cccc6ccccc56)c5ccccc45)cc4cccc2c4c31. The molecule has 0 nitrogen and oxygen atoms in total. The van der Waals surface area contributed by atoms with E-state index < -0.39 is 5.41 Å². The summed E-state index contributed by atoms with van der Waals surface area (Å²) in [4.78, 5) is 0. The Kier molecular flexibility index (Phi) is 6.05. The molecule has 0 unspecified atom stereocenters. The Bertz CT molecular complexity index is 3680. The van der Waals surface area contributed by atoms with Gasteiger partial charge in [-0.3, -0.25) is 0 Å². The van der Waals surface area contributed by atoms with E-state index >= 15 is 0 Å². The molecule has 2 aliphatic rings. The predicted molar refractivity (Wildman–Crippen MR) is 250 cm³/mol. The van der Waals surface area contributed by atoms with Crippen LogP contribution in [0.2, 0.25) is 0 Å². The molecule has 0 fully saturated rings. The van der Waals surface area contributed by atoms with Crippen molar-refractivity contribution < 1.29 is 0 Å². The number of fused-ring (bicyclic) bond motifs is 15. The van der Waals surface area contributed by atoms with Crippen LogP contribution in [-0.4, -0.2) is 0 Å². The summed E-state index contributed by atoms with van der Waals surface area (Å²) in [7, 11) is 0. The van der Waals surface area contributed by atoms with Gasteiger partial charge in [0.2, 0.25) is 0 Å². The average Bonchev–Trinajstić information content (AvgIpc) is 3.78. The second kappa shape index (κ2) is 11.3. The largest absolute Gasteiger partial charge is 0.0731 e. The summed E-state index contributed by atoms with van der Waals surface area (Å²) < 4.78 is 0. The molecular weight excluding hydrogens is 709 g/mol. The fourth-order valence-electron chi connectivity index (χ4n) is 11.9. The van der Waals surface area contributed by atoms with Crippen LogP contribution in [0.25, 0.3) is 109 Å². The van der Waals surface area contributed by atoms with Crippen molar-refractivity contribution in [3.05, 3.63) is 229 Å². The molecule has 14 rings (SSSR count). The van der Waals surface area contributed by atoms with Gasteiger partial charge in [0.1, 0.15) is 0 Å².